The molecular formula is C17H22N4O2. The molecule has 3 rings (SSSR count). The number of carbonyl (C=O) groups is 1. The van der Waals surface area contributed by atoms with Crippen molar-refractivity contribution in [3.63, 3.8) is 0 Å². The Bertz CT molecular complexity index is 814. The second-order valence-electron chi connectivity index (χ2n) is 6.50. The van der Waals surface area contributed by atoms with Crippen LogP contribution in [0.3, 0.4) is 0 Å². The molecule has 122 valence electrons. The van der Waals surface area contributed by atoms with Gasteiger partial charge in [0.2, 0.25) is 5.43 Å². The second-order valence-corrected chi connectivity index (χ2v) is 6.50. The van der Waals surface area contributed by atoms with E-state index in [2.05, 4.69) is 12.0 Å². The fraction of sp³-hybridized carbons (Fsp3) is 0.471. The molecule has 6 heteroatoms. The van der Waals surface area contributed by atoms with Crippen molar-refractivity contribution in [2.45, 2.75) is 26.8 Å². The normalized spacial score (nSPS) is 21.1. The number of carbonyl (C=O) groups excluding carboxylic acids is 1. The van der Waals surface area contributed by atoms with Crippen LogP contribution in [-0.2, 0) is 6.54 Å². The Morgan fingerprint density at radius 1 is 1.39 bits per heavy atom. The molecule has 0 bridgehead atoms. The number of benzene rings is 1. The van der Waals surface area contributed by atoms with Crippen molar-refractivity contribution >= 4 is 16.8 Å². The van der Waals surface area contributed by atoms with Crippen molar-refractivity contribution in [3.05, 3.63) is 40.2 Å². The summed E-state index contributed by atoms with van der Waals surface area (Å²) in [5, 5.41) is 4.85. The van der Waals surface area contributed by atoms with E-state index >= 15 is 0 Å². The lowest BCUT2D eigenvalue weighted by Crippen LogP contribution is -2.37. The molecule has 1 aliphatic heterocycles. The SMILES string of the molecule is CCn1nc(C(=O)N2CCC(C)(CN)C2)c(=O)c2ccccc21. The highest BCUT2D eigenvalue weighted by molar-refractivity contribution is 5.95. The Kier molecular flexibility index (Phi) is 3.93. The molecule has 1 aromatic carbocycles. The van der Waals surface area contributed by atoms with E-state index in [4.69, 9.17) is 5.73 Å². The number of nitrogens with zero attached hydrogens (tertiary/aromatic N) is 3. The van der Waals surface area contributed by atoms with Gasteiger partial charge in [-0.25, -0.2) is 0 Å². The van der Waals surface area contributed by atoms with Gasteiger partial charge in [0.1, 0.15) is 0 Å². The van der Waals surface area contributed by atoms with E-state index in [9.17, 15) is 9.59 Å². The van der Waals surface area contributed by atoms with Crippen molar-refractivity contribution in [2.24, 2.45) is 11.1 Å². The standard InChI is InChI=1S/C17H22N4O2/c1-3-21-13-7-5-4-6-12(13)15(22)14(19-21)16(23)20-9-8-17(2,10-18)11-20/h4-7H,3,8-11,18H2,1-2H3. The van der Waals surface area contributed by atoms with Gasteiger partial charge >= 0.3 is 0 Å². The molecule has 6 nitrogen and oxygen atoms in total. The Morgan fingerprint density at radius 2 is 2.13 bits per heavy atom. The van der Waals surface area contributed by atoms with Crippen molar-refractivity contribution in [1.82, 2.24) is 14.7 Å². The van der Waals surface area contributed by atoms with Gasteiger partial charge < -0.3 is 10.6 Å². The Labute approximate surface area is 134 Å². The van der Waals surface area contributed by atoms with E-state index < -0.39 is 0 Å². The predicted octanol–water partition coefficient (Wildman–Crippen LogP) is 1.23. The summed E-state index contributed by atoms with van der Waals surface area (Å²) in [6.45, 7) is 6.33. The van der Waals surface area contributed by atoms with Gasteiger partial charge in [0.15, 0.2) is 5.69 Å². The van der Waals surface area contributed by atoms with Crippen LogP contribution < -0.4 is 11.2 Å². The maximum absolute atomic E-state index is 12.8. The minimum absolute atomic E-state index is 0.00632. The van der Waals surface area contributed by atoms with Crippen molar-refractivity contribution in [3.8, 4) is 0 Å². The molecule has 0 spiro atoms. The van der Waals surface area contributed by atoms with Gasteiger partial charge in [0.25, 0.3) is 5.91 Å². The van der Waals surface area contributed by atoms with Gasteiger partial charge in [0, 0.05) is 25.0 Å². The van der Waals surface area contributed by atoms with E-state index in [1.54, 1.807) is 21.7 Å². The van der Waals surface area contributed by atoms with Crippen LogP contribution >= 0.6 is 0 Å². The first-order chi connectivity index (χ1) is 11.0. The lowest BCUT2D eigenvalue weighted by Gasteiger charge is -2.22. The zero-order valence-corrected chi connectivity index (χ0v) is 13.6. The molecule has 0 saturated carbocycles. The Balaban J connectivity index is 2.05. The van der Waals surface area contributed by atoms with Gasteiger partial charge in [-0.15, -0.1) is 0 Å². The average molecular weight is 314 g/mol. The first kappa shape index (κ1) is 15.7. The maximum atomic E-state index is 12.8. The van der Waals surface area contributed by atoms with Crippen LogP contribution in [0.5, 0.6) is 0 Å². The summed E-state index contributed by atoms with van der Waals surface area (Å²) < 4.78 is 1.71. The Morgan fingerprint density at radius 3 is 2.78 bits per heavy atom. The first-order valence-electron chi connectivity index (χ1n) is 7.98. The minimum atomic E-state index is -0.295. The number of aryl methyl sites for hydroxylation is 1. The number of fused-ring (bicyclic) bond motifs is 1. The third-order valence-corrected chi connectivity index (χ3v) is 4.70. The third kappa shape index (κ3) is 2.63. The first-order valence-corrected chi connectivity index (χ1v) is 7.98. The summed E-state index contributed by atoms with van der Waals surface area (Å²) in [7, 11) is 0. The maximum Gasteiger partial charge on any atom is 0.278 e. The molecule has 1 unspecified atom stereocenters. The summed E-state index contributed by atoms with van der Waals surface area (Å²) in [5.41, 5.74) is 6.19. The Hall–Kier alpha value is -2.21. The highest BCUT2D eigenvalue weighted by atomic mass is 16.2. The van der Waals surface area contributed by atoms with Gasteiger partial charge in [-0.1, -0.05) is 19.1 Å². The molecule has 1 fully saturated rings. The molecular weight excluding hydrogens is 292 g/mol. The van der Waals surface area contributed by atoms with Crippen molar-refractivity contribution < 1.29 is 4.79 Å². The minimum Gasteiger partial charge on any atom is -0.337 e. The highest BCUT2D eigenvalue weighted by Gasteiger charge is 2.36. The molecule has 1 aliphatic rings. The van der Waals surface area contributed by atoms with Crippen LogP contribution in [-0.4, -0.2) is 40.2 Å². The van der Waals surface area contributed by atoms with Crippen LogP contribution in [0.4, 0.5) is 0 Å². The second kappa shape index (κ2) is 5.77. The molecule has 1 saturated heterocycles. The van der Waals surface area contributed by atoms with E-state index in [1.807, 2.05) is 19.1 Å². The number of rotatable bonds is 3. The van der Waals surface area contributed by atoms with Gasteiger partial charge in [0.05, 0.1) is 5.52 Å². The number of amides is 1. The van der Waals surface area contributed by atoms with Crippen LogP contribution in [0.2, 0.25) is 0 Å². The van der Waals surface area contributed by atoms with Crippen LogP contribution in [0, 0.1) is 5.41 Å². The molecule has 0 radical (unpaired) electrons. The van der Waals surface area contributed by atoms with E-state index in [1.165, 1.54) is 0 Å². The number of likely N-dealkylation sites (tertiary alicyclic amines) is 1. The molecule has 1 atom stereocenters. The molecule has 23 heavy (non-hydrogen) atoms. The van der Waals surface area contributed by atoms with Crippen molar-refractivity contribution in [1.29, 1.82) is 0 Å². The molecule has 1 aromatic heterocycles. The monoisotopic (exact) mass is 314 g/mol. The topological polar surface area (TPSA) is 81.2 Å². The van der Waals surface area contributed by atoms with E-state index in [-0.39, 0.29) is 22.4 Å². The number of aromatic nitrogens is 2. The summed E-state index contributed by atoms with van der Waals surface area (Å²) in [4.78, 5) is 27.2. The van der Waals surface area contributed by atoms with Crippen LogP contribution in [0.15, 0.2) is 29.1 Å². The third-order valence-electron chi connectivity index (χ3n) is 4.70. The van der Waals surface area contributed by atoms with E-state index in [0.717, 1.165) is 11.9 Å². The average Bonchev–Trinajstić information content (AvgIpc) is 2.98. The van der Waals surface area contributed by atoms with E-state index in [0.29, 0.717) is 31.6 Å². The molecule has 2 aromatic rings. The fourth-order valence-electron chi connectivity index (χ4n) is 3.13. The molecule has 1 amide bonds. The lowest BCUT2D eigenvalue weighted by atomic mass is 9.90. The predicted molar refractivity (Wildman–Crippen MR) is 89.4 cm³/mol. The number of hydrogen-bond acceptors (Lipinski definition) is 4. The smallest absolute Gasteiger partial charge is 0.278 e. The largest absolute Gasteiger partial charge is 0.337 e. The molecule has 0 aliphatic carbocycles. The van der Waals surface area contributed by atoms with Gasteiger partial charge in [-0.05, 0) is 37.4 Å². The zero-order valence-electron chi connectivity index (χ0n) is 13.6. The molecule has 2 heterocycles. The number of nitrogens with two attached hydrogens (primary N) is 1. The zero-order chi connectivity index (χ0) is 16.6. The summed E-state index contributed by atoms with van der Waals surface area (Å²) in [5.74, 6) is -0.292. The summed E-state index contributed by atoms with van der Waals surface area (Å²) in [6, 6.07) is 7.27. The summed E-state index contributed by atoms with van der Waals surface area (Å²) in [6.07, 6.45) is 0.852. The quantitative estimate of drug-likeness (QED) is 0.924. The van der Waals surface area contributed by atoms with Gasteiger partial charge in [-0.2, -0.15) is 5.10 Å². The lowest BCUT2D eigenvalue weighted by molar-refractivity contribution is 0.0767. The van der Waals surface area contributed by atoms with Crippen LogP contribution in [0.1, 0.15) is 30.8 Å². The summed E-state index contributed by atoms with van der Waals surface area (Å²) >= 11 is 0. The number of hydrogen-bond donors (Lipinski definition) is 1. The van der Waals surface area contributed by atoms with Crippen molar-refractivity contribution in [2.75, 3.05) is 19.6 Å². The fourth-order valence-corrected chi connectivity index (χ4v) is 3.13. The highest BCUT2D eigenvalue weighted by Crippen LogP contribution is 2.29. The van der Waals surface area contributed by atoms with Crippen LogP contribution in [0.25, 0.3) is 10.9 Å². The van der Waals surface area contributed by atoms with Gasteiger partial charge in [-0.3, -0.25) is 14.3 Å². The number of para-hydroxylation sites is 1. The molecule has 2 N–H and O–H groups in total.